The minimum Gasteiger partial charge on any atom is -0.379 e. The summed E-state index contributed by atoms with van der Waals surface area (Å²) in [4.78, 5) is 41.8. The number of guanidine groups is 1. The number of benzene rings is 1. The molecule has 0 aliphatic carbocycles. The van der Waals surface area contributed by atoms with Crippen LogP contribution in [0.1, 0.15) is 32.3 Å². The van der Waals surface area contributed by atoms with Crippen molar-refractivity contribution in [2.45, 2.75) is 57.3 Å². The number of aldehydes is 1. The van der Waals surface area contributed by atoms with Crippen LogP contribution in [0.4, 0.5) is 0 Å². The molecular formula is C23H34N6O3. The van der Waals surface area contributed by atoms with E-state index >= 15 is 0 Å². The van der Waals surface area contributed by atoms with Crippen LogP contribution < -0.4 is 27.0 Å². The lowest BCUT2D eigenvalue weighted by Crippen LogP contribution is -2.61. The second-order valence-corrected chi connectivity index (χ2v) is 8.29. The summed E-state index contributed by atoms with van der Waals surface area (Å²) in [6.07, 6.45) is 3.56. The maximum atomic E-state index is 13.1. The molecule has 1 aliphatic rings. The number of amides is 2. The van der Waals surface area contributed by atoms with Crippen LogP contribution in [0.15, 0.2) is 48.1 Å². The third-order valence-corrected chi connectivity index (χ3v) is 5.17. The monoisotopic (exact) mass is 442 g/mol. The van der Waals surface area contributed by atoms with E-state index in [1.54, 1.807) is 0 Å². The standard InChI is InChI=1S/C23H34N6O3/c1-4-25-20(18-10-11-26-23(24)29-18)22(32)28-19(12-15(2)3)21(31)27-17(14-30)13-16-8-6-5-7-9-16/h4-9,14-15,17-20,25H,1,10-13H2,2-3H3,(H,27,31)(H,28,32)(H3,24,26,29). The van der Waals surface area contributed by atoms with E-state index < -0.39 is 24.0 Å². The van der Waals surface area contributed by atoms with Crippen LogP contribution in [0.2, 0.25) is 0 Å². The smallest absolute Gasteiger partial charge is 0.245 e. The number of hydrogen-bond donors (Lipinski definition) is 5. The van der Waals surface area contributed by atoms with Crippen LogP contribution in [0, 0.1) is 5.92 Å². The Kier molecular flexibility index (Phi) is 9.72. The zero-order valence-corrected chi connectivity index (χ0v) is 18.7. The molecule has 0 spiro atoms. The lowest BCUT2D eigenvalue weighted by molar-refractivity contribution is -0.131. The molecule has 174 valence electrons. The van der Waals surface area contributed by atoms with E-state index in [1.807, 2.05) is 44.2 Å². The van der Waals surface area contributed by atoms with Gasteiger partial charge in [-0.05, 0) is 36.9 Å². The number of carbonyl (C=O) groups is 3. The van der Waals surface area contributed by atoms with Crippen LogP contribution in [-0.2, 0) is 20.8 Å². The van der Waals surface area contributed by atoms with Gasteiger partial charge < -0.3 is 31.8 Å². The van der Waals surface area contributed by atoms with Crippen molar-refractivity contribution in [3.8, 4) is 0 Å². The zero-order chi connectivity index (χ0) is 23.5. The Balaban J connectivity index is 2.08. The van der Waals surface area contributed by atoms with Gasteiger partial charge in [0.25, 0.3) is 0 Å². The first-order valence-electron chi connectivity index (χ1n) is 10.9. The van der Waals surface area contributed by atoms with E-state index in [2.05, 4.69) is 32.8 Å². The zero-order valence-electron chi connectivity index (χ0n) is 18.7. The van der Waals surface area contributed by atoms with Crippen LogP contribution in [0.3, 0.4) is 0 Å². The molecule has 0 aromatic heterocycles. The first kappa shape index (κ1) is 24.9. The van der Waals surface area contributed by atoms with E-state index in [4.69, 9.17) is 5.73 Å². The maximum Gasteiger partial charge on any atom is 0.245 e. The van der Waals surface area contributed by atoms with Gasteiger partial charge in [0.05, 0.1) is 12.1 Å². The molecule has 4 unspecified atom stereocenters. The highest BCUT2D eigenvalue weighted by Gasteiger charge is 2.32. The van der Waals surface area contributed by atoms with Crippen molar-refractivity contribution in [1.29, 1.82) is 0 Å². The average molecular weight is 443 g/mol. The molecule has 1 aliphatic heterocycles. The number of rotatable bonds is 12. The van der Waals surface area contributed by atoms with Crippen molar-refractivity contribution < 1.29 is 14.4 Å². The van der Waals surface area contributed by atoms with Crippen molar-refractivity contribution >= 4 is 24.1 Å². The van der Waals surface area contributed by atoms with Gasteiger partial charge in [-0.25, -0.2) is 0 Å². The Bertz CT molecular complexity index is 811. The molecule has 1 aromatic rings. The fourth-order valence-electron chi connectivity index (χ4n) is 3.63. The summed E-state index contributed by atoms with van der Waals surface area (Å²) in [5.74, 6) is -0.328. The third-order valence-electron chi connectivity index (χ3n) is 5.17. The molecule has 32 heavy (non-hydrogen) atoms. The first-order chi connectivity index (χ1) is 15.3. The normalized spacial score (nSPS) is 18.3. The summed E-state index contributed by atoms with van der Waals surface area (Å²) in [5, 5.41) is 11.6. The summed E-state index contributed by atoms with van der Waals surface area (Å²) in [6.45, 7) is 8.08. The highest BCUT2D eigenvalue weighted by atomic mass is 16.2. The number of nitrogens with two attached hydrogens (primary N) is 1. The summed E-state index contributed by atoms with van der Waals surface area (Å²) in [6, 6.07) is 6.99. The molecule has 6 N–H and O–H groups in total. The molecule has 0 radical (unpaired) electrons. The summed E-state index contributed by atoms with van der Waals surface area (Å²) in [5.41, 5.74) is 6.70. The number of hydrogen-bond acceptors (Lipinski definition) is 7. The fraction of sp³-hybridized carbons (Fsp3) is 0.478. The van der Waals surface area contributed by atoms with E-state index in [-0.39, 0.29) is 23.8 Å². The Labute approximate surface area is 189 Å². The van der Waals surface area contributed by atoms with Crippen molar-refractivity contribution in [3.05, 3.63) is 48.7 Å². The lowest BCUT2D eigenvalue weighted by atomic mass is 9.99. The lowest BCUT2D eigenvalue weighted by Gasteiger charge is -2.31. The van der Waals surface area contributed by atoms with E-state index in [9.17, 15) is 14.4 Å². The SMILES string of the molecule is C=CNC(C(=O)NC(CC(C)C)C(=O)NC(C=O)Cc1ccccc1)C1CCN=C(N)N1. The Morgan fingerprint density at radius 3 is 2.56 bits per heavy atom. The van der Waals surface area contributed by atoms with Gasteiger partial charge in [0.15, 0.2) is 5.96 Å². The van der Waals surface area contributed by atoms with Gasteiger partial charge in [-0.15, -0.1) is 0 Å². The first-order valence-corrected chi connectivity index (χ1v) is 10.9. The van der Waals surface area contributed by atoms with Crippen molar-refractivity contribution in [1.82, 2.24) is 21.3 Å². The topological polar surface area (TPSA) is 138 Å². The molecular weight excluding hydrogens is 408 g/mol. The molecule has 4 atom stereocenters. The predicted molar refractivity (Wildman–Crippen MR) is 125 cm³/mol. The molecule has 2 rings (SSSR count). The van der Waals surface area contributed by atoms with Gasteiger partial charge in [-0.3, -0.25) is 14.6 Å². The van der Waals surface area contributed by atoms with E-state index in [0.717, 1.165) is 11.8 Å². The van der Waals surface area contributed by atoms with Crippen molar-refractivity contribution in [3.63, 3.8) is 0 Å². The Hall–Kier alpha value is -3.36. The number of nitrogens with one attached hydrogen (secondary N) is 4. The van der Waals surface area contributed by atoms with Crippen LogP contribution in [0.5, 0.6) is 0 Å². The second kappa shape index (κ2) is 12.5. The van der Waals surface area contributed by atoms with Crippen LogP contribution in [0.25, 0.3) is 0 Å². The van der Waals surface area contributed by atoms with Gasteiger partial charge in [-0.2, -0.15) is 0 Å². The summed E-state index contributed by atoms with van der Waals surface area (Å²) < 4.78 is 0. The molecule has 2 amide bonds. The van der Waals surface area contributed by atoms with Gasteiger partial charge in [0, 0.05) is 6.54 Å². The minimum absolute atomic E-state index is 0.149. The van der Waals surface area contributed by atoms with Crippen molar-refractivity contribution in [2.75, 3.05) is 6.54 Å². The average Bonchev–Trinajstić information content (AvgIpc) is 2.76. The van der Waals surface area contributed by atoms with E-state index in [0.29, 0.717) is 25.8 Å². The van der Waals surface area contributed by atoms with Gasteiger partial charge >= 0.3 is 0 Å². The molecule has 1 heterocycles. The van der Waals surface area contributed by atoms with Gasteiger partial charge in [0.2, 0.25) is 11.8 Å². The maximum absolute atomic E-state index is 13.1. The molecule has 0 bridgehead atoms. The molecule has 9 nitrogen and oxygen atoms in total. The molecule has 0 saturated heterocycles. The highest BCUT2D eigenvalue weighted by Crippen LogP contribution is 2.10. The second-order valence-electron chi connectivity index (χ2n) is 8.29. The summed E-state index contributed by atoms with van der Waals surface area (Å²) in [7, 11) is 0. The quantitative estimate of drug-likeness (QED) is 0.294. The van der Waals surface area contributed by atoms with Crippen LogP contribution in [-0.4, -0.2) is 54.8 Å². The fourth-order valence-corrected chi connectivity index (χ4v) is 3.63. The van der Waals surface area contributed by atoms with Crippen molar-refractivity contribution in [2.24, 2.45) is 16.6 Å². The number of nitrogens with zero attached hydrogens (tertiary/aromatic N) is 1. The van der Waals surface area contributed by atoms with E-state index in [1.165, 1.54) is 6.20 Å². The number of carbonyl (C=O) groups excluding carboxylic acids is 3. The third kappa shape index (κ3) is 7.72. The predicted octanol–water partition coefficient (Wildman–Crippen LogP) is 0.222. The number of aliphatic imine (C=N–C) groups is 1. The van der Waals surface area contributed by atoms with Gasteiger partial charge in [0.1, 0.15) is 18.4 Å². The minimum atomic E-state index is -0.788. The Morgan fingerprint density at radius 1 is 1.25 bits per heavy atom. The highest BCUT2D eigenvalue weighted by molar-refractivity contribution is 5.91. The largest absolute Gasteiger partial charge is 0.379 e. The molecule has 0 saturated carbocycles. The molecule has 1 aromatic carbocycles. The molecule has 0 fully saturated rings. The summed E-state index contributed by atoms with van der Waals surface area (Å²) >= 11 is 0. The molecule has 9 heteroatoms. The van der Waals surface area contributed by atoms with Crippen LogP contribution >= 0.6 is 0 Å². The van der Waals surface area contributed by atoms with Gasteiger partial charge in [-0.1, -0.05) is 50.8 Å². The Morgan fingerprint density at radius 2 is 1.97 bits per heavy atom.